The molecule has 0 radical (unpaired) electrons. The van der Waals surface area contributed by atoms with E-state index in [0.717, 1.165) is 52.4 Å². The Morgan fingerprint density at radius 2 is 0.700 bits per heavy atom. The maximum Gasteiger partial charge on any atom is 0.0138 e. The smallest absolute Gasteiger partial charge is 0.0138 e. The maximum absolute atomic E-state index is 3.34. The highest BCUT2D eigenvalue weighted by Crippen LogP contribution is 1.74. The number of likely N-dealkylation sites (N-methyl/N-ethyl adjacent to an activating group) is 2. The minimum absolute atomic E-state index is 0.920. The summed E-state index contributed by atoms with van der Waals surface area (Å²) in [5.74, 6) is 0. The molecule has 4 heteroatoms. The van der Waals surface area contributed by atoms with Crippen molar-refractivity contribution >= 4 is 0 Å². The summed E-state index contributed by atoms with van der Waals surface area (Å²) in [6, 6.07) is 0. The van der Waals surface area contributed by atoms with E-state index in [-0.39, 0.29) is 0 Å². The van der Waals surface area contributed by atoms with E-state index in [1.54, 1.807) is 0 Å². The van der Waals surface area contributed by atoms with Crippen molar-refractivity contribution in [2.24, 2.45) is 0 Å². The van der Waals surface area contributed by atoms with Gasteiger partial charge in [-0.05, 0) is 13.1 Å². The zero-order valence-corrected chi connectivity index (χ0v) is 13.1. The molecule has 0 aliphatic heterocycles. The standard InChI is InChI=1S/C16H32N4/c1-3-17-11-5-7-13-19-15-9-10-16-20-14-8-6-12-18-4-2/h5-10,17-20H,3-4,11-16H2,1-2H3. The Kier molecular flexibility index (Phi) is 17.2. The van der Waals surface area contributed by atoms with Crippen LogP contribution in [0.4, 0.5) is 0 Å². The number of rotatable bonds is 14. The van der Waals surface area contributed by atoms with Gasteiger partial charge in [0.15, 0.2) is 0 Å². The van der Waals surface area contributed by atoms with E-state index in [2.05, 4.69) is 71.6 Å². The number of nitrogens with one attached hydrogen (secondary N) is 4. The molecule has 0 rings (SSSR count). The molecular weight excluding hydrogens is 248 g/mol. The van der Waals surface area contributed by atoms with Crippen LogP contribution in [0.15, 0.2) is 36.5 Å². The fourth-order valence-corrected chi connectivity index (χ4v) is 1.46. The average molecular weight is 280 g/mol. The highest BCUT2D eigenvalue weighted by Gasteiger charge is 1.80. The summed E-state index contributed by atoms with van der Waals surface area (Å²) in [6.45, 7) is 11.9. The fourth-order valence-electron chi connectivity index (χ4n) is 1.46. The van der Waals surface area contributed by atoms with Crippen LogP contribution in [0.3, 0.4) is 0 Å². The van der Waals surface area contributed by atoms with Gasteiger partial charge in [-0.2, -0.15) is 0 Å². The summed E-state index contributed by atoms with van der Waals surface area (Å²) < 4.78 is 0. The molecule has 0 saturated heterocycles. The Morgan fingerprint density at radius 1 is 0.450 bits per heavy atom. The van der Waals surface area contributed by atoms with Gasteiger partial charge in [0.1, 0.15) is 0 Å². The first kappa shape index (κ1) is 19.1. The molecule has 0 heterocycles. The molecule has 0 aromatic rings. The lowest BCUT2D eigenvalue weighted by molar-refractivity contribution is 0.787. The molecule has 20 heavy (non-hydrogen) atoms. The summed E-state index contributed by atoms with van der Waals surface area (Å²) >= 11 is 0. The Labute approximate surface area is 124 Å². The Hall–Kier alpha value is -0.940. The summed E-state index contributed by atoms with van der Waals surface area (Å²) in [7, 11) is 0. The van der Waals surface area contributed by atoms with Gasteiger partial charge in [-0.25, -0.2) is 0 Å². The van der Waals surface area contributed by atoms with Crippen molar-refractivity contribution in [1.82, 2.24) is 21.3 Å². The van der Waals surface area contributed by atoms with Gasteiger partial charge < -0.3 is 21.3 Å². The molecule has 4 nitrogen and oxygen atoms in total. The van der Waals surface area contributed by atoms with Crippen molar-refractivity contribution in [2.45, 2.75) is 13.8 Å². The minimum atomic E-state index is 0.920. The van der Waals surface area contributed by atoms with Crippen LogP contribution in [-0.4, -0.2) is 52.4 Å². The van der Waals surface area contributed by atoms with Crippen molar-refractivity contribution in [1.29, 1.82) is 0 Å². The van der Waals surface area contributed by atoms with Crippen LogP contribution in [0.1, 0.15) is 13.8 Å². The molecule has 0 aliphatic carbocycles. The number of hydrogen-bond donors (Lipinski definition) is 4. The van der Waals surface area contributed by atoms with Crippen LogP contribution in [0.2, 0.25) is 0 Å². The molecule has 4 N–H and O–H groups in total. The highest BCUT2D eigenvalue weighted by atomic mass is 14.9. The molecule has 0 spiro atoms. The van der Waals surface area contributed by atoms with Crippen LogP contribution in [0.5, 0.6) is 0 Å². The summed E-state index contributed by atoms with van der Waals surface area (Å²) in [4.78, 5) is 0. The molecule has 0 unspecified atom stereocenters. The van der Waals surface area contributed by atoms with Gasteiger partial charge in [-0.1, -0.05) is 50.3 Å². The van der Waals surface area contributed by atoms with Crippen molar-refractivity contribution < 1.29 is 0 Å². The fraction of sp³-hybridized carbons (Fsp3) is 0.625. The quantitative estimate of drug-likeness (QED) is 0.284. The predicted molar refractivity (Wildman–Crippen MR) is 90.2 cm³/mol. The SMILES string of the molecule is CCNCC=CCNCC=CCNCC=CCNCC. The molecule has 0 aliphatic rings. The molecule has 0 saturated carbocycles. The van der Waals surface area contributed by atoms with Crippen molar-refractivity contribution in [3.8, 4) is 0 Å². The second-order valence-corrected chi connectivity index (χ2v) is 4.35. The molecule has 0 aromatic carbocycles. The van der Waals surface area contributed by atoms with E-state index < -0.39 is 0 Å². The molecule has 0 atom stereocenters. The zero-order valence-electron chi connectivity index (χ0n) is 13.1. The third kappa shape index (κ3) is 17.1. The third-order valence-electron chi connectivity index (χ3n) is 2.57. The molecule has 0 aromatic heterocycles. The van der Waals surface area contributed by atoms with E-state index in [1.165, 1.54) is 0 Å². The predicted octanol–water partition coefficient (Wildman–Crippen LogP) is 1.05. The molecule has 0 amide bonds. The van der Waals surface area contributed by atoms with E-state index >= 15 is 0 Å². The normalized spacial score (nSPS) is 12.3. The second-order valence-electron chi connectivity index (χ2n) is 4.35. The topological polar surface area (TPSA) is 48.1 Å². The lowest BCUT2D eigenvalue weighted by Crippen LogP contribution is -2.17. The first-order valence-corrected chi connectivity index (χ1v) is 7.69. The van der Waals surface area contributed by atoms with Crippen LogP contribution < -0.4 is 21.3 Å². The van der Waals surface area contributed by atoms with Gasteiger partial charge in [0.05, 0.1) is 0 Å². The van der Waals surface area contributed by atoms with E-state index in [0.29, 0.717) is 0 Å². The van der Waals surface area contributed by atoms with Gasteiger partial charge in [0.2, 0.25) is 0 Å². The van der Waals surface area contributed by atoms with Crippen LogP contribution in [-0.2, 0) is 0 Å². The van der Waals surface area contributed by atoms with E-state index in [4.69, 9.17) is 0 Å². The van der Waals surface area contributed by atoms with Crippen LogP contribution in [0, 0.1) is 0 Å². The average Bonchev–Trinajstić information content (AvgIpc) is 2.47. The third-order valence-corrected chi connectivity index (χ3v) is 2.57. The maximum atomic E-state index is 3.34. The number of hydrogen-bond acceptors (Lipinski definition) is 4. The lowest BCUT2D eigenvalue weighted by atomic mass is 10.4. The van der Waals surface area contributed by atoms with E-state index in [9.17, 15) is 0 Å². The highest BCUT2D eigenvalue weighted by molar-refractivity contribution is 4.91. The Morgan fingerprint density at radius 3 is 0.950 bits per heavy atom. The van der Waals surface area contributed by atoms with Crippen molar-refractivity contribution in [2.75, 3.05) is 52.4 Å². The Bertz CT molecular complexity index is 233. The summed E-state index contributed by atoms with van der Waals surface area (Å²) in [5, 5.41) is 13.2. The largest absolute Gasteiger partial charge is 0.314 e. The monoisotopic (exact) mass is 280 g/mol. The molecule has 116 valence electrons. The van der Waals surface area contributed by atoms with Crippen LogP contribution >= 0.6 is 0 Å². The molecular formula is C16H32N4. The van der Waals surface area contributed by atoms with Gasteiger partial charge in [0, 0.05) is 39.3 Å². The lowest BCUT2D eigenvalue weighted by Gasteiger charge is -1.98. The second kappa shape index (κ2) is 18.1. The van der Waals surface area contributed by atoms with Gasteiger partial charge in [-0.15, -0.1) is 0 Å². The van der Waals surface area contributed by atoms with Gasteiger partial charge in [0.25, 0.3) is 0 Å². The van der Waals surface area contributed by atoms with Crippen molar-refractivity contribution in [3.05, 3.63) is 36.5 Å². The first-order valence-electron chi connectivity index (χ1n) is 7.69. The molecule has 0 bridgehead atoms. The van der Waals surface area contributed by atoms with Crippen molar-refractivity contribution in [3.63, 3.8) is 0 Å². The van der Waals surface area contributed by atoms with Gasteiger partial charge in [-0.3, -0.25) is 0 Å². The summed E-state index contributed by atoms with van der Waals surface area (Å²) in [6.07, 6.45) is 12.9. The molecule has 0 fully saturated rings. The van der Waals surface area contributed by atoms with Crippen LogP contribution in [0.25, 0.3) is 0 Å². The summed E-state index contributed by atoms with van der Waals surface area (Å²) in [5.41, 5.74) is 0. The van der Waals surface area contributed by atoms with E-state index in [1.807, 2.05) is 0 Å². The van der Waals surface area contributed by atoms with Gasteiger partial charge >= 0.3 is 0 Å². The Balaban J connectivity index is 3.20. The first-order chi connectivity index (χ1) is 9.91. The zero-order chi connectivity index (χ0) is 14.7. The minimum Gasteiger partial charge on any atom is -0.314 e.